The molecule has 0 heterocycles. The maximum atomic E-state index is 13.2. The zero-order valence-electron chi connectivity index (χ0n) is 10.9. The Morgan fingerprint density at radius 3 is 2.45 bits per heavy atom. The van der Waals surface area contributed by atoms with Crippen LogP contribution in [0.3, 0.4) is 0 Å². The normalized spacial score (nSPS) is 12.3. The summed E-state index contributed by atoms with van der Waals surface area (Å²) in [5.74, 6) is -0.256. The molecule has 1 unspecified atom stereocenters. The zero-order chi connectivity index (χ0) is 14.7. The van der Waals surface area contributed by atoms with Gasteiger partial charge in [-0.1, -0.05) is 15.9 Å². The molecule has 1 atom stereocenters. The van der Waals surface area contributed by atoms with E-state index in [2.05, 4.69) is 21.2 Å². The van der Waals surface area contributed by atoms with Crippen molar-refractivity contribution in [2.75, 3.05) is 0 Å². The lowest BCUT2D eigenvalue weighted by Gasteiger charge is -2.15. The van der Waals surface area contributed by atoms with Crippen LogP contribution < -0.4 is 5.32 Å². The summed E-state index contributed by atoms with van der Waals surface area (Å²) >= 11 is 3.37. The molecule has 2 aromatic rings. The van der Waals surface area contributed by atoms with Gasteiger partial charge in [-0.3, -0.25) is 0 Å². The smallest absolute Gasteiger partial charge is 0.123 e. The summed E-state index contributed by atoms with van der Waals surface area (Å²) in [5.41, 5.74) is 1.57. The lowest BCUT2D eigenvalue weighted by molar-refractivity contribution is 0.446. The molecule has 0 aliphatic rings. The number of aromatic hydroxyl groups is 2. The second kappa shape index (κ2) is 6.24. The van der Waals surface area contributed by atoms with Crippen LogP contribution in [0.1, 0.15) is 24.1 Å². The Morgan fingerprint density at radius 2 is 1.80 bits per heavy atom. The fourth-order valence-electron chi connectivity index (χ4n) is 1.93. The van der Waals surface area contributed by atoms with Crippen LogP contribution in [0.25, 0.3) is 0 Å². The average molecular weight is 340 g/mol. The van der Waals surface area contributed by atoms with E-state index in [4.69, 9.17) is 0 Å². The fraction of sp³-hybridized carbons (Fsp3) is 0.200. The molecule has 0 aromatic heterocycles. The maximum Gasteiger partial charge on any atom is 0.123 e. The first-order chi connectivity index (χ1) is 9.45. The largest absolute Gasteiger partial charge is 0.508 e. The van der Waals surface area contributed by atoms with Gasteiger partial charge in [-0.15, -0.1) is 0 Å². The number of nitrogens with one attached hydrogen (secondary N) is 1. The van der Waals surface area contributed by atoms with Crippen LogP contribution in [-0.4, -0.2) is 10.2 Å². The summed E-state index contributed by atoms with van der Waals surface area (Å²) in [6, 6.07) is 8.86. The van der Waals surface area contributed by atoms with Crippen LogP contribution in [-0.2, 0) is 6.54 Å². The van der Waals surface area contributed by atoms with Crippen LogP contribution >= 0.6 is 15.9 Å². The molecule has 0 spiro atoms. The Balaban J connectivity index is 2.08. The number of hydrogen-bond acceptors (Lipinski definition) is 3. The van der Waals surface area contributed by atoms with Crippen molar-refractivity contribution < 1.29 is 14.6 Å². The molecule has 106 valence electrons. The van der Waals surface area contributed by atoms with Crippen molar-refractivity contribution in [3.8, 4) is 11.5 Å². The van der Waals surface area contributed by atoms with Crippen LogP contribution in [0, 0.1) is 5.82 Å². The standard InChI is InChI=1S/C15H15BrFNO2/c1-9(10-5-13(19)7-14(20)6-10)18-8-11-4-12(17)2-3-15(11)16/h2-7,9,18-20H,8H2,1H3. The highest BCUT2D eigenvalue weighted by molar-refractivity contribution is 9.10. The van der Waals surface area contributed by atoms with Crippen molar-refractivity contribution in [2.45, 2.75) is 19.5 Å². The highest BCUT2D eigenvalue weighted by Crippen LogP contribution is 2.25. The van der Waals surface area contributed by atoms with Gasteiger partial charge in [0.2, 0.25) is 0 Å². The Morgan fingerprint density at radius 1 is 1.15 bits per heavy atom. The van der Waals surface area contributed by atoms with E-state index in [0.717, 1.165) is 15.6 Å². The Hall–Kier alpha value is -1.59. The van der Waals surface area contributed by atoms with Gasteiger partial charge in [0, 0.05) is 23.1 Å². The molecule has 2 aromatic carbocycles. The highest BCUT2D eigenvalue weighted by atomic mass is 79.9. The number of hydrogen-bond donors (Lipinski definition) is 3. The van der Waals surface area contributed by atoms with E-state index < -0.39 is 0 Å². The van der Waals surface area contributed by atoms with E-state index in [0.29, 0.717) is 6.54 Å². The van der Waals surface area contributed by atoms with Crippen molar-refractivity contribution in [2.24, 2.45) is 0 Å². The number of rotatable bonds is 4. The summed E-state index contributed by atoms with van der Waals surface area (Å²) in [7, 11) is 0. The van der Waals surface area contributed by atoms with Gasteiger partial charge in [-0.25, -0.2) is 4.39 Å². The van der Waals surface area contributed by atoms with Gasteiger partial charge in [0.25, 0.3) is 0 Å². The first kappa shape index (κ1) is 14.8. The van der Waals surface area contributed by atoms with Crippen LogP contribution in [0.4, 0.5) is 4.39 Å². The molecule has 5 heteroatoms. The molecule has 0 saturated carbocycles. The van der Waals surface area contributed by atoms with E-state index in [-0.39, 0.29) is 23.4 Å². The molecule has 20 heavy (non-hydrogen) atoms. The highest BCUT2D eigenvalue weighted by Gasteiger charge is 2.09. The topological polar surface area (TPSA) is 52.5 Å². The third-order valence-corrected chi connectivity index (χ3v) is 3.80. The van der Waals surface area contributed by atoms with Gasteiger partial charge in [0.1, 0.15) is 17.3 Å². The lowest BCUT2D eigenvalue weighted by Crippen LogP contribution is -2.18. The SMILES string of the molecule is CC(NCc1cc(F)ccc1Br)c1cc(O)cc(O)c1. The molecule has 0 saturated heterocycles. The van der Waals surface area contributed by atoms with Gasteiger partial charge in [-0.2, -0.15) is 0 Å². The first-order valence-corrected chi connectivity index (χ1v) is 6.95. The molecule has 0 bridgehead atoms. The molecule has 3 N–H and O–H groups in total. The Bertz CT molecular complexity index is 599. The molecule has 0 aliphatic carbocycles. The van der Waals surface area contributed by atoms with Crippen LogP contribution in [0.2, 0.25) is 0 Å². The summed E-state index contributed by atoms with van der Waals surface area (Å²) in [6.07, 6.45) is 0. The molecule has 0 amide bonds. The molecular formula is C15H15BrFNO2. The van der Waals surface area contributed by atoms with E-state index >= 15 is 0 Å². The lowest BCUT2D eigenvalue weighted by atomic mass is 10.1. The van der Waals surface area contributed by atoms with Crippen molar-refractivity contribution in [1.82, 2.24) is 5.32 Å². The quantitative estimate of drug-likeness (QED) is 0.792. The predicted molar refractivity (Wildman–Crippen MR) is 79.1 cm³/mol. The Labute approximate surface area is 125 Å². The molecule has 3 nitrogen and oxygen atoms in total. The molecular weight excluding hydrogens is 325 g/mol. The third-order valence-electron chi connectivity index (χ3n) is 3.03. The minimum Gasteiger partial charge on any atom is -0.508 e. The monoisotopic (exact) mass is 339 g/mol. The summed E-state index contributed by atoms with van der Waals surface area (Å²) < 4.78 is 14.0. The summed E-state index contributed by atoms with van der Waals surface area (Å²) in [6.45, 7) is 2.37. The Kier molecular flexibility index (Phi) is 4.62. The van der Waals surface area contributed by atoms with E-state index in [9.17, 15) is 14.6 Å². The second-order valence-electron chi connectivity index (χ2n) is 4.62. The minimum atomic E-state index is -0.285. The van der Waals surface area contributed by atoms with Crippen molar-refractivity contribution in [1.29, 1.82) is 0 Å². The molecule has 0 fully saturated rings. The van der Waals surface area contributed by atoms with Crippen molar-refractivity contribution in [3.63, 3.8) is 0 Å². The number of phenolic OH excluding ortho intramolecular Hbond substituents is 2. The predicted octanol–water partition coefficient (Wildman–Crippen LogP) is 3.85. The number of phenols is 2. The van der Waals surface area contributed by atoms with E-state index in [1.807, 2.05) is 6.92 Å². The first-order valence-electron chi connectivity index (χ1n) is 6.16. The number of benzene rings is 2. The zero-order valence-corrected chi connectivity index (χ0v) is 12.5. The van der Waals surface area contributed by atoms with E-state index in [1.165, 1.54) is 18.2 Å². The summed E-state index contributed by atoms with van der Waals surface area (Å²) in [4.78, 5) is 0. The van der Waals surface area contributed by atoms with Crippen LogP contribution in [0.15, 0.2) is 40.9 Å². The molecule has 2 rings (SSSR count). The average Bonchev–Trinajstić information content (AvgIpc) is 2.38. The molecule has 0 aliphatic heterocycles. The third kappa shape index (κ3) is 3.71. The summed E-state index contributed by atoms with van der Waals surface area (Å²) in [5, 5.41) is 22.1. The molecule has 0 radical (unpaired) electrons. The second-order valence-corrected chi connectivity index (χ2v) is 5.48. The van der Waals surface area contributed by atoms with Crippen molar-refractivity contribution in [3.05, 3.63) is 57.8 Å². The van der Waals surface area contributed by atoms with E-state index in [1.54, 1.807) is 18.2 Å². The number of halogens is 2. The van der Waals surface area contributed by atoms with Crippen LogP contribution in [0.5, 0.6) is 11.5 Å². The maximum absolute atomic E-state index is 13.2. The minimum absolute atomic E-state index is 0.0144. The fourth-order valence-corrected chi connectivity index (χ4v) is 2.31. The van der Waals surface area contributed by atoms with Crippen molar-refractivity contribution >= 4 is 15.9 Å². The van der Waals surface area contributed by atoms with Gasteiger partial charge < -0.3 is 15.5 Å². The van der Waals surface area contributed by atoms with Gasteiger partial charge >= 0.3 is 0 Å². The van der Waals surface area contributed by atoms with Gasteiger partial charge in [0.05, 0.1) is 0 Å². The van der Waals surface area contributed by atoms with Gasteiger partial charge in [0.15, 0.2) is 0 Å². The van der Waals surface area contributed by atoms with Gasteiger partial charge in [-0.05, 0) is 48.4 Å².